The fourth-order valence-corrected chi connectivity index (χ4v) is 1.34. The molecule has 1 atom stereocenters. The van der Waals surface area contributed by atoms with Crippen molar-refractivity contribution < 1.29 is 23.1 Å². The van der Waals surface area contributed by atoms with E-state index in [0.717, 1.165) is 0 Å². The van der Waals surface area contributed by atoms with Gasteiger partial charge in [-0.3, -0.25) is 4.79 Å². The lowest BCUT2D eigenvalue weighted by molar-refractivity contribution is -0.252. The van der Waals surface area contributed by atoms with Crippen LogP contribution in [0.15, 0.2) is 18.3 Å². The van der Waals surface area contributed by atoms with E-state index in [9.17, 15) is 23.1 Å². The zero-order chi connectivity index (χ0) is 15.6. The number of aromatic nitrogens is 1. The third-order valence-corrected chi connectivity index (χ3v) is 2.61. The van der Waals surface area contributed by atoms with Gasteiger partial charge >= 0.3 is 6.18 Å². The molecule has 0 aliphatic carbocycles. The van der Waals surface area contributed by atoms with E-state index in [1.54, 1.807) is 25.1 Å². The van der Waals surface area contributed by atoms with Crippen LogP contribution < -0.4 is 10.2 Å². The summed E-state index contributed by atoms with van der Waals surface area (Å²) in [6, 6.07) is 3.13. The Morgan fingerprint density at radius 3 is 2.40 bits per heavy atom. The van der Waals surface area contributed by atoms with Crippen molar-refractivity contribution in [3.63, 3.8) is 0 Å². The molecule has 0 aliphatic rings. The summed E-state index contributed by atoms with van der Waals surface area (Å²) in [7, 11) is 3.56. The topological polar surface area (TPSA) is 65.5 Å². The van der Waals surface area contributed by atoms with Gasteiger partial charge in [0.2, 0.25) is 5.91 Å². The summed E-state index contributed by atoms with van der Waals surface area (Å²) in [5.74, 6) is -0.294. The summed E-state index contributed by atoms with van der Waals surface area (Å²) >= 11 is 0. The Bertz CT molecular complexity index is 470. The zero-order valence-electron chi connectivity index (χ0n) is 11.3. The highest BCUT2D eigenvalue weighted by molar-refractivity contribution is 5.91. The maximum Gasteiger partial charge on any atom is 0.417 e. The SMILES string of the molecule is CN(C)c1ccc(NC(=O)CC(C)(O)C(F)(F)F)cn1. The van der Waals surface area contributed by atoms with E-state index in [0.29, 0.717) is 12.7 Å². The van der Waals surface area contributed by atoms with Gasteiger partial charge in [-0.05, 0) is 19.1 Å². The Morgan fingerprint density at radius 2 is 2.00 bits per heavy atom. The van der Waals surface area contributed by atoms with E-state index in [1.807, 2.05) is 0 Å². The Hall–Kier alpha value is -1.83. The quantitative estimate of drug-likeness (QED) is 0.887. The first-order valence-corrected chi connectivity index (χ1v) is 5.75. The van der Waals surface area contributed by atoms with E-state index >= 15 is 0 Å². The van der Waals surface area contributed by atoms with Gasteiger partial charge in [-0.1, -0.05) is 0 Å². The minimum absolute atomic E-state index is 0.263. The lowest BCUT2D eigenvalue weighted by Crippen LogP contribution is -2.44. The lowest BCUT2D eigenvalue weighted by atomic mass is 10.0. The number of anilines is 2. The number of halogens is 3. The highest BCUT2D eigenvalue weighted by atomic mass is 19.4. The van der Waals surface area contributed by atoms with Crippen LogP contribution in [0.5, 0.6) is 0 Å². The number of amides is 1. The van der Waals surface area contributed by atoms with Crippen molar-refractivity contribution in [2.24, 2.45) is 0 Å². The molecule has 1 rings (SSSR count). The monoisotopic (exact) mass is 291 g/mol. The molecule has 0 spiro atoms. The number of nitrogens with one attached hydrogen (secondary N) is 1. The molecule has 1 aromatic heterocycles. The molecule has 0 aliphatic heterocycles. The molecule has 0 saturated carbocycles. The molecule has 1 unspecified atom stereocenters. The molecule has 20 heavy (non-hydrogen) atoms. The van der Waals surface area contributed by atoms with E-state index in [1.165, 1.54) is 12.3 Å². The van der Waals surface area contributed by atoms with Crippen LogP contribution in [0, 0.1) is 0 Å². The summed E-state index contributed by atoms with van der Waals surface area (Å²) < 4.78 is 37.3. The predicted octanol–water partition coefficient (Wildman–Crippen LogP) is 1.79. The summed E-state index contributed by atoms with van der Waals surface area (Å²) in [5, 5.41) is 11.5. The molecule has 0 bridgehead atoms. The van der Waals surface area contributed by atoms with Gasteiger partial charge in [0.1, 0.15) is 5.82 Å². The molecule has 2 N–H and O–H groups in total. The van der Waals surface area contributed by atoms with E-state index in [2.05, 4.69) is 10.3 Å². The van der Waals surface area contributed by atoms with Crippen LogP contribution in [0.2, 0.25) is 0 Å². The first-order chi connectivity index (χ1) is 9.03. The molecule has 1 heterocycles. The van der Waals surface area contributed by atoms with Crippen molar-refractivity contribution in [2.75, 3.05) is 24.3 Å². The molecule has 1 amide bonds. The standard InChI is InChI=1S/C12H16F3N3O2/c1-11(20,12(13,14)15)6-10(19)17-8-4-5-9(16-7-8)18(2)3/h4-5,7,20H,6H2,1-3H3,(H,17,19). The van der Waals surface area contributed by atoms with Crippen LogP contribution in [0.25, 0.3) is 0 Å². The van der Waals surface area contributed by atoms with E-state index in [-0.39, 0.29) is 5.69 Å². The zero-order valence-corrected chi connectivity index (χ0v) is 11.3. The third-order valence-electron chi connectivity index (χ3n) is 2.61. The average molecular weight is 291 g/mol. The van der Waals surface area contributed by atoms with Gasteiger partial charge in [-0.15, -0.1) is 0 Å². The Morgan fingerprint density at radius 1 is 1.40 bits per heavy atom. The molecule has 0 radical (unpaired) electrons. The van der Waals surface area contributed by atoms with Crippen molar-refractivity contribution >= 4 is 17.4 Å². The van der Waals surface area contributed by atoms with Crippen LogP contribution in [-0.2, 0) is 4.79 Å². The van der Waals surface area contributed by atoms with Crippen molar-refractivity contribution in [2.45, 2.75) is 25.1 Å². The second-order valence-electron chi connectivity index (χ2n) is 4.80. The number of alkyl halides is 3. The fourth-order valence-electron chi connectivity index (χ4n) is 1.34. The highest BCUT2D eigenvalue weighted by Crippen LogP contribution is 2.32. The second-order valence-corrected chi connectivity index (χ2v) is 4.80. The number of hydrogen-bond donors (Lipinski definition) is 2. The molecule has 112 valence electrons. The number of carbonyl (C=O) groups excluding carboxylic acids is 1. The fraction of sp³-hybridized carbons (Fsp3) is 0.500. The largest absolute Gasteiger partial charge is 0.417 e. The van der Waals surface area contributed by atoms with Crippen molar-refractivity contribution in [1.29, 1.82) is 0 Å². The molecule has 0 fully saturated rings. The Balaban J connectivity index is 2.67. The molecule has 0 aromatic carbocycles. The number of pyridine rings is 1. The number of hydrogen-bond acceptors (Lipinski definition) is 4. The minimum atomic E-state index is -4.86. The highest BCUT2D eigenvalue weighted by Gasteiger charge is 2.50. The van der Waals surface area contributed by atoms with Crippen LogP contribution >= 0.6 is 0 Å². The van der Waals surface area contributed by atoms with Crippen LogP contribution in [0.1, 0.15) is 13.3 Å². The second kappa shape index (κ2) is 5.66. The van der Waals surface area contributed by atoms with Crippen LogP contribution in [-0.4, -0.2) is 41.9 Å². The van der Waals surface area contributed by atoms with Gasteiger partial charge in [0.25, 0.3) is 0 Å². The predicted molar refractivity (Wildman–Crippen MR) is 68.5 cm³/mol. The Kier molecular flexibility index (Phi) is 4.59. The maximum atomic E-state index is 12.4. The number of rotatable bonds is 4. The van der Waals surface area contributed by atoms with Gasteiger partial charge < -0.3 is 15.3 Å². The third kappa shape index (κ3) is 4.09. The van der Waals surface area contributed by atoms with Crippen molar-refractivity contribution in [3.8, 4) is 0 Å². The van der Waals surface area contributed by atoms with E-state index < -0.39 is 24.1 Å². The lowest BCUT2D eigenvalue weighted by Gasteiger charge is -2.25. The smallest absolute Gasteiger partial charge is 0.380 e. The Labute approximate surface area is 114 Å². The minimum Gasteiger partial charge on any atom is -0.380 e. The molecule has 8 heteroatoms. The van der Waals surface area contributed by atoms with Gasteiger partial charge in [0.05, 0.1) is 18.3 Å². The summed E-state index contributed by atoms with van der Waals surface area (Å²) in [5.41, 5.74) is -2.80. The molecule has 0 saturated heterocycles. The summed E-state index contributed by atoms with van der Waals surface area (Å²) in [4.78, 5) is 17.2. The molecule has 1 aromatic rings. The number of aliphatic hydroxyl groups is 1. The van der Waals surface area contributed by atoms with Crippen molar-refractivity contribution in [3.05, 3.63) is 18.3 Å². The number of nitrogens with zero attached hydrogens (tertiary/aromatic N) is 2. The normalized spacial score (nSPS) is 14.6. The van der Waals surface area contributed by atoms with Crippen molar-refractivity contribution in [1.82, 2.24) is 4.98 Å². The first-order valence-electron chi connectivity index (χ1n) is 5.75. The molecular weight excluding hydrogens is 275 g/mol. The van der Waals surface area contributed by atoms with E-state index in [4.69, 9.17) is 0 Å². The van der Waals surface area contributed by atoms with Gasteiger partial charge in [-0.25, -0.2) is 4.98 Å². The molecular formula is C12H16F3N3O2. The summed E-state index contributed by atoms with van der Waals surface area (Å²) in [6.45, 7) is 0.556. The first kappa shape index (κ1) is 16.2. The van der Waals surface area contributed by atoms with Gasteiger partial charge in [-0.2, -0.15) is 13.2 Å². The number of carbonyl (C=O) groups is 1. The van der Waals surface area contributed by atoms with Gasteiger partial charge in [0.15, 0.2) is 5.60 Å². The molecule has 5 nitrogen and oxygen atoms in total. The van der Waals surface area contributed by atoms with Crippen LogP contribution in [0.4, 0.5) is 24.7 Å². The van der Waals surface area contributed by atoms with Gasteiger partial charge in [0, 0.05) is 14.1 Å². The summed E-state index contributed by atoms with van der Waals surface area (Å²) in [6.07, 6.45) is -4.61. The van der Waals surface area contributed by atoms with Crippen LogP contribution in [0.3, 0.4) is 0 Å². The average Bonchev–Trinajstić information content (AvgIpc) is 2.27. The maximum absolute atomic E-state index is 12.4.